The number of aryl methyl sites for hydroxylation is 2. The van der Waals surface area contributed by atoms with E-state index in [1.165, 1.54) is 17.5 Å². The van der Waals surface area contributed by atoms with Gasteiger partial charge in [-0.1, -0.05) is 29.8 Å². The summed E-state index contributed by atoms with van der Waals surface area (Å²) in [4.78, 5) is 11.7. The predicted octanol–water partition coefficient (Wildman–Crippen LogP) is 2.82. The standard InChI is InChI=1S/C18H28N2O/c1-15-6-8-16(9-7-15)4-2-3-5-18(21)20-13-11-17-10-12-19-14-17/h6-9,17,19H,2-5,10-14H2,1H3,(H,20,21). The van der Waals surface area contributed by atoms with Crippen molar-refractivity contribution in [1.82, 2.24) is 10.6 Å². The minimum atomic E-state index is 0.213. The molecule has 0 bridgehead atoms. The minimum absolute atomic E-state index is 0.213. The van der Waals surface area contributed by atoms with Crippen molar-refractivity contribution in [3.05, 3.63) is 35.4 Å². The zero-order valence-corrected chi connectivity index (χ0v) is 13.2. The monoisotopic (exact) mass is 288 g/mol. The van der Waals surface area contributed by atoms with Crippen molar-refractivity contribution in [3.63, 3.8) is 0 Å². The van der Waals surface area contributed by atoms with Gasteiger partial charge in [0.05, 0.1) is 0 Å². The Bertz CT molecular complexity index is 421. The molecule has 2 rings (SSSR count). The summed E-state index contributed by atoms with van der Waals surface area (Å²) in [6.45, 7) is 5.20. The second kappa shape index (κ2) is 8.83. The first-order valence-corrected chi connectivity index (χ1v) is 8.27. The lowest BCUT2D eigenvalue weighted by atomic mass is 10.0. The van der Waals surface area contributed by atoms with Gasteiger partial charge in [-0.2, -0.15) is 0 Å². The quantitative estimate of drug-likeness (QED) is 0.722. The van der Waals surface area contributed by atoms with Crippen molar-refractivity contribution in [3.8, 4) is 0 Å². The molecule has 0 saturated carbocycles. The molecule has 2 N–H and O–H groups in total. The van der Waals surface area contributed by atoms with Gasteiger partial charge in [0.1, 0.15) is 0 Å². The molecule has 1 aromatic carbocycles. The summed E-state index contributed by atoms with van der Waals surface area (Å²) in [5.41, 5.74) is 2.67. The first-order chi connectivity index (χ1) is 10.2. The Balaban J connectivity index is 1.49. The van der Waals surface area contributed by atoms with Gasteiger partial charge in [-0.3, -0.25) is 4.79 Å². The van der Waals surface area contributed by atoms with Crippen molar-refractivity contribution in [1.29, 1.82) is 0 Å². The van der Waals surface area contributed by atoms with Crippen LogP contribution in [0.2, 0.25) is 0 Å². The number of unbranched alkanes of at least 4 members (excludes halogenated alkanes) is 1. The summed E-state index contributed by atoms with van der Waals surface area (Å²) in [6, 6.07) is 8.68. The van der Waals surface area contributed by atoms with E-state index in [4.69, 9.17) is 0 Å². The van der Waals surface area contributed by atoms with Crippen LogP contribution in [0.15, 0.2) is 24.3 Å². The molecule has 1 aliphatic heterocycles. The van der Waals surface area contributed by atoms with Gasteiger partial charge in [0.25, 0.3) is 0 Å². The molecule has 1 aliphatic rings. The Morgan fingerprint density at radius 3 is 2.81 bits per heavy atom. The lowest BCUT2D eigenvalue weighted by molar-refractivity contribution is -0.121. The van der Waals surface area contributed by atoms with Gasteiger partial charge < -0.3 is 10.6 Å². The average Bonchev–Trinajstić information content (AvgIpc) is 2.99. The smallest absolute Gasteiger partial charge is 0.219 e. The zero-order chi connectivity index (χ0) is 14.9. The summed E-state index contributed by atoms with van der Waals surface area (Å²) < 4.78 is 0. The van der Waals surface area contributed by atoms with E-state index < -0.39 is 0 Å². The van der Waals surface area contributed by atoms with Crippen LogP contribution in [0.1, 0.15) is 43.2 Å². The van der Waals surface area contributed by atoms with Crippen molar-refractivity contribution in [2.75, 3.05) is 19.6 Å². The second-order valence-electron chi connectivity index (χ2n) is 6.19. The third-order valence-electron chi connectivity index (χ3n) is 4.28. The van der Waals surface area contributed by atoms with E-state index in [1.54, 1.807) is 0 Å². The van der Waals surface area contributed by atoms with Crippen molar-refractivity contribution in [2.24, 2.45) is 5.92 Å². The van der Waals surface area contributed by atoms with Crippen molar-refractivity contribution >= 4 is 5.91 Å². The molecule has 1 heterocycles. The van der Waals surface area contributed by atoms with Crippen molar-refractivity contribution in [2.45, 2.75) is 45.4 Å². The second-order valence-corrected chi connectivity index (χ2v) is 6.19. The molecule has 1 aromatic rings. The van der Waals surface area contributed by atoms with E-state index in [-0.39, 0.29) is 5.91 Å². The maximum absolute atomic E-state index is 11.7. The van der Waals surface area contributed by atoms with Gasteiger partial charge in [-0.05, 0) is 63.6 Å². The third-order valence-corrected chi connectivity index (χ3v) is 4.28. The Kier molecular flexibility index (Phi) is 6.74. The Labute approximate surface area is 128 Å². The molecule has 1 unspecified atom stereocenters. The summed E-state index contributed by atoms with van der Waals surface area (Å²) >= 11 is 0. The van der Waals surface area contributed by atoms with Crippen molar-refractivity contribution < 1.29 is 4.79 Å². The molecule has 1 saturated heterocycles. The number of rotatable bonds is 8. The lowest BCUT2D eigenvalue weighted by Crippen LogP contribution is -2.26. The third kappa shape index (κ3) is 6.30. The Morgan fingerprint density at radius 1 is 1.29 bits per heavy atom. The van der Waals surface area contributed by atoms with E-state index in [2.05, 4.69) is 41.8 Å². The molecular formula is C18H28N2O. The van der Waals surface area contributed by atoms with E-state index in [1.807, 2.05) is 0 Å². The molecule has 0 spiro atoms. The highest BCUT2D eigenvalue weighted by Gasteiger charge is 2.13. The van der Waals surface area contributed by atoms with E-state index >= 15 is 0 Å². The number of nitrogens with one attached hydrogen (secondary N) is 2. The summed E-state index contributed by atoms with van der Waals surface area (Å²) in [7, 11) is 0. The fraction of sp³-hybridized carbons (Fsp3) is 0.611. The van der Waals surface area contributed by atoms with Crippen LogP contribution in [0.3, 0.4) is 0 Å². The van der Waals surface area contributed by atoms with Crippen LogP contribution in [0.25, 0.3) is 0 Å². The van der Waals surface area contributed by atoms with Gasteiger partial charge >= 0.3 is 0 Å². The van der Waals surface area contributed by atoms with E-state index in [0.717, 1.165) is 51.2 Å². The number of hydrogen-bond donors (Lipinski definition) is 2. The van der Waals surface area contributed by atoms with Gasteiger partial charge in [-0.25, -0.2) is 0 Å². The molecule has 0 aliphatic carbocycles. The molecule has 1 fully saturated rings. The van der Waals surface area contributed by atoms with E-state index in [0.29, 0.717) is 6.42 Å². The molecular weight excluding hydrogens is 260 g/mol. The van der Waals surface area contributed by atoms with Crippen LogP contribution in [-0.2, 0) is 11.2 Å². The maximum Gasteiger partial charge on any atom is 0.219 e. The first kappa shape index (κ1) is 16.0. The molecule has 1 atom stereocenters. The van der Waals surface area contributed by atoms with Crippen LogP contribution >= 0.6 is 0 Å². The highest BCUT2D eigenvalue weighted by molar-refractivity contribution is 5.75. The average molecular weight is 288 g/mol. The lowest BCUT2D eigenvalue weighted by Gasteiger charge is -2.09. The van der Waals surface area contributed by atoms with Gasteiger partial charge in [-0.15, -0.1) is 0 Å². The van der Waals surface area contributed by atoms with Crippen LogP contribution in [0.5, 0.6) is 0 Å². The summed E-state index contributed by atoms with van der Waals surface area (Å²) in [5.74, 6) is 0.969. The fourth-order valence-corrected chi connectivity index (χ4v) is 2.83. The molecule has 0 radical (unpaired) electrons. The zero-order valence-electron chi connectivity index (χ0n) is 13.2. The first-order valence-electron chi connectivity index (χ1n) is 8.27. The van der Waals surface area contributed by atoms with Gasteiger partial charge in [0, 0.05) is 13.0 Å². The SMILES string of the molecule is Cc1ccc(CCCCC(=O)NCCC2CCNC2)cc1. The van der Waals surface area contributed by atoms with Crippen LogP contribution < -0.4 is 10.6 Å². The number of amides is 1. The molecule has 3 heteroatoms. The normalized spacial score (nSPS) is 17.9. The molecule has 3 nitrogen and oxygen atoms in total. The molecule has 0 aromatic heterocycles. The highest BCUT2D eigenvalue weighted by atomic mass is 16.1. The molecule has 21 heavy (non-hydrogen) atoms. The van der Waals surface area contributed by atoms with E-state index in [9.17, 15) is 4.79 Å². The number of hydrogen-bond acceptors (Lipinski definition) is 2. The summed E-state index contributed by atoms with van der Waals surface area (Å²) in [6.07, 6.45) is 6.17. The maximum atomic E-state index is 11.7. The number of carbonyl (C=O) groups is 1. The van der Waals surface area contributed by atoms with Crippen LogP contribution in [0.4, 0.5) is 0 Å². The Morgan fingerprint density at radius 2 is 2.10 bits per heavy atom. The number of benzene rings is 1. The topological polar surface area (TPSA) is 41.1 Å². The van der Waals surface area contributed by atoms with Gasteiger partial charge in [0.15, 0.2) is 0 Å². The largest absolute Gasteiger partial charge is 0.356 e. The van der Waals surface area contributed by atoms with Crippen LogP contribution in [-0.4, -0.2) is 25.5 Å². The highest BCUT2D eigenvalue weighted by Crippen LogP contribution is 2.11. The fourth-order valence-electron chi connectivity index (χ4n) is 2.83. The Hall–Kier alpha value is -1.35. The predicted molar refractivity (Wildman–Crippen MR) is 87.3 cm³/mol. The van der Waals surface area contributed by atoms with Crippen LogP contribution in [0, 0.1) is 12.8 Å². The number of carbonyl (C=O) groups excluding carboxylic acids is 1. The molecule has 116 valence electrons. The molecule has 1 amide bonds. The summed E-state index contributed by atoms with van der Waals surface area (Å²) in [5, 5.41) is 6.41. The van der Waals surface area contributed by atoms with Gasteiger partial charge in [0.2, 0.25) is 5.91 Å². The minimum Gasteiger partial charge on any atom is -0.356 e.